The molecule has 0 saturated heterocycles. The number of fused-ring (bicyclic) bond motifs is 1. The SMILES string of the molecule is CN(Cc1nnc2n1CCC2)C(=O)C1(N)CCCCC1. The Morgan fingerprint density at radius 2 is 2.05 bits per heavy atom. The number of rotatable bonds is 3. The molecule has 3 rings (SSSR count). The molecule has 6 nitrogen and oxygen atoms in total. The van der Waals surface area contributed by atoms with E-state index in [1.165, 1.54) is 6.42 Å². The lowest BCUT2D eigenvalue weighted by atomic mass is 9.81. The molecule has 2 heterocycles. The largest absolute Gasteiger partial charge is 0.337 e. The van der Waals surface area contributed by atoms with Crippen LogP contribution >= 0.6 is 0 Å². The van der Waals surface area contributed by atoms with Gasteiger partial charge in [-0.2, -0.15) is 0 Å². The van der Waals surface area contributed by atoms with Crippen molar-refractivity contribution in [2.45, 2.75) is 63.6 Å². The van der Waals surface area contributed by atoms with Crippen molar-refractivity contribution in [2.24, 2.45) is 5.73 Å². The molecule has 0 unspecified atom stereocenters. The van der Waals surface area contributed by atoms with Gasteiger partial charge in [0.2, 0.25) is 5.91 Å². The number of carbonyl (C=O) groups is 1. The third-order valence-corrected chi connectivity index (χ3v) is 4.58. The lowest BCUT2D eigenvalue weighted by Crippen LogP contribution is -2.55. The quantitative estimate of drug-likeness (QED) is 0.888. The van der Waals surface area contributed by atoms with E-state index in [9.17, 15) is 4.79 Å². The minimum Gasteiger partial charge on any atom is -0.337 e. The van der Waals surface area contributed by atoms with Crippen molar-refractivity contribution in [1.29, 1.82) is 0 Å². The summed E-state index contributed by atoms with van der Waals surface area (Å²) in [5, 5.41) is 8.39. The van der Waals surface area contributed by atoms with Gasteiger partial charge in [0.25, 0.3) is 0 Å². The molecule has 2 N–H and O–H groups in total. The van der Waals surface area contributed by atoms with E-state index in [1.54, 1.807) is 4.90 Å². The lowest BCUT2D eigenvalue weighted by Gasteiger charge is -2.35. The van der Waals surface area contributed by atoms with E-state index < -0.39 is 5.54 Å². The number of aryl methyl sites for hydroxylation is 1. The molecule has 0 spiro atoms. The van der Waals surface area contributed by atoms with Gasteiger partial charge in [-0.25, -0.2) is 0 Å². The molecule has 1 fully saturated rings. The summed E-state index contributed by atoms with van der Waals surface area (Å²) in [6.45, 7) is 1.47. The summed E-state index contributed by atoms with van der Waals surface area (Å²) in [6, 6.07) is 0. The zero-order valence-electron chi connectivity index (χ0n) is 12.1. The maximum absolute atomic E-state index is 12.6. The van der Waals surface area contributed by atoms with Crippen molar-refractivity contribution in [3.8, 4) is 0 Å². The second kappa shape index (κ2) is 5.16. The maximum Gasteiger partial charge on any atom is 0.242 e. The van der Waals surface area contributed by atoms with E-state index in [2.05, 4.69) is 14.8 Å². The summed E-state index contributed by atoms with van der Waals surface area (Å²) in [6.07, 6.45) is 7.00. The van der Waals surface area contributed by atoms with Crippen molar-refractivity contribution in [3.05, 3.63) is 11.6 Å². The van der Waals surface area contributed by atoms with Crippen LogP contribution in [0.25, 0.3) is 0 Å². The highest BCUT2D eigenvalue weighted by Crippen LogP contribution is 2.28. The van der Waals surface area contributed by atoms with E-state index in [-0.39, 0.29) is 5.91 Å². The Morgan fingerprint density at radius 3 is 2.80 bits per heavy atom. The molecule has 6 heteroatoms. The van der Waals surface area contributed by atoms with E-state index in [0.29, 0.717) is 6.54 Å². The maximum atomic E-state index is 12.6. The van der Waals surface area contributed by atoms with Crippen LogP contribution in [0.5, 0.6) is 0 Å². The molecule has 0 bridgehead atoms. The molecule has 1 aliphatic carbocycles. The van der Waals surface area contributed by atoms with Crippen LogP contribution in [0.2, 0.25) is 0 Å². The van der Waals surface area contributed by atoms with Crippen molar-refractivity contribution in [3.63, 3.8) is 0 Å². The van der Waals surface area contributed by atoms with Crippen LogP contribution in [0.4, 0.5) is 0 Å². The summed E-state index contributed by atoms with van der Waals surface area (Å²) in [5.74, 6) is 1.97. The van der Waals surface area contributed by atoms with Gasteiger partial charge in [0.1, 0.15) is 5.82 Å². The summed E-state index contributed by atoms with van der Waals surface area (Å²) >= 11 is 0. The van der Waals surface area contributed by atoms with E-state index in [0.717, 1.165) is 56.7 Å². The highest BCUT2D eigenvalue weighted by molar-refractivity contribution is 5.86. The highest BCUT2D eigenvalue weighted by Gasteiger charge is 2.37. The summed E-state index contributed by atoms with van der Waals surface area (Å²) in [4.78, 5) is 14.3. The van der Waals surface area contributed by atoms with Gasteiger partial charge in [-0.1, -0.05) is 19.3 Å². The van der Waals surface area contributed by atoms with Crippen molar-refractivity contribution >= 4 is 5.91 Å². The summed E-state index contributed by atoms with van der Waals surface area (Å²) < 4.78 is 2.13. The molecule has 1 amide bonds. The minimum atomic E-state index is -0.666. The Morgan fingerprint density at radius 1 is 1.30 bits per heavy atom. The normalized spacial score (nSPS) is 20.7. The van der Waals surface area contributed by atoms with Crippen LogP contribution in [0.1, 0.15) is 50.2 Å². The molecule has 0 radical (unpaired) electrons. The fourth-order valence-electron chi connectivity index (χ4n) is 3.39. The fourth-order valence-corrected chi connectivity index (χ4v) is 3.39. The first kappa shape index (κ1) is 13.5. The lowest BCUT2D eigenvalue weighted by molar-refractivity contribution is -0.137. The fraction of sp³-hybridized carbons (Fsp3) is 0.786. The molecule has 1 aliphatic heterocycles. The van der Waals surface area contributed by atoms with Crippen LogP contribution in [-0.4, -0.2) is 38.2 Å². The molecule has 1 aromatic heterocycles. The molecular formula is C14H23N5O. The third-order valence-electron chi connectivity index (χ3n) is 4.58. The smallest absolute Gasteiger partial charge is 0.242 e. The standard InChI is InChI=1S/C14H23N5O/c1-18(13(20)14(15)7-3-2-4-8-14)10-12-17-16-11-6-5-9-19(11)12/h2-10,15H2,1H3. The van der Waals surface area contributed by atoms with Gasteiger partial charge in [0, 0.05) is 20.0 Å². The first-order valence-corrected chi connectivity index (χ1v) is 7.55. The van der Waals surface area contributed by atoms with Gasteiger partial charge in [-0.3, -0.25) is 4.79 Å². The number of likely N-dealkylation sites (N-methyl/N-ethyl adjacent to an activating group) is 1. The van der Waals surface area contributed by atoms with Crippen molar-refractivity contribution in [2.75, 3.05) is 7.05 Å². The predicted octanol–water partition coefficient (Wildman–Crippen LogP) is 0.844. The Kier molecular flexibility index (Phi) is 3.50. The molecule has 1 aromatic rings. The topological polar surface area (TPSA) is 77.0 Å². The van der Waals surface area contributed by atoms with E-state index in [1.807, 2.05) is 7.05 Å². The number of nitrogens with zero attached hydrogens (tertiary/aromatic N) is 4. The number of aromatic nitrogens is 3. The first-order chi connectivity index (χ1) is 9.60. The molecule has 0 aromatic carbocycles. The summed E-state index contributed by atoms with van der Waals surface area (Å²) in [7, 11) is 1.82. The van der Waals surface area contributed by atoms with Crippen molar-refractivity contribution < 1.29 is 4.79 Å². The van der Waals surface area contributed by atoms with E-state index in [4.69, 9.17) is 5.73 Å². The van der Waals surface area contributed by atoms with Gasteiger partial charge in [-0.05, 0) is 19.3 Å². The van der Waals surface area contributed by atoms with Crippen LogP contribution in [-0.2, 0) is 24.3 Å². The number of nitrogens with two attached hydrogens (primary N) is 1. The molecule has 2 aliphatic rings. The van der Waals surface area contributed by atoms with Gasteiger partial charge in [0.05, 0.1) is 12.1 Å². The zero-order chi connectivity index (χ0) is 14.2. The number of amides is 1. The van der Waals surface area contributed by atoms with Crippen LogP contribution in [0, 0.1) is 0 Å². The monoisotopic (exact) mass is 277 g/mol. The van der Waals surface area contributed by atoms with Gasteiger partial charge >= 0.3 is 0 Å². The number of hydrogen-bond acceptors (Lipinski definition) is 4. The molecule has 110 valence electrons. The number of carbonyl (C=O) groups excluding carboxylic acids is 1. The second-order valence-electron chi connectivity index (χ2n) is 6.17. The van der Waals surface area contributed by atoms with Gasteiger partial charge in [-0.15, -0.1) is 10.2 Å². The van der Waals surface area contributed by atoms with Gasteiger partial charge in [0.15, 0.2) is 5.82 Å². The van der Waals surface area contributed by atoms with E-state index >= 15 is 0 Å². The highest BCUT2D eigenvalue weighted by atomic mass is 16.2. The Hall–Kier alpha value is -1.43. The average molecular weight is 277 g/mol. The molecule has 20 heavy (non-hydrogen) atoms. The molecule has 0 atom stereocenters. The molecular weight excluding hydrogens is 254 g/mol. The van der Waals surface area contributed by atoms with Gasteiger partial charge < -0.3 is 15.2 Å². The number of hydrogen-bond donors (Lipinski definition) is 1. The molecule has 1 saturated carbocycles. The predicted molar refractivity (Wildman–Crippen MR) is 74.8 cm³/mol. The van der Waals surface area contributed by atoms with Crippen LogP contribution in [0.3, 0.4) is 0 Å². The zero-order valence-corrected chi connectivity index (χ0v) is 12.1. The third kappa shape index (κ3) is 2.32. The average Bonchev–Trinajstić information content (AvgIpc) is 3.03. The second-order valence-corrected chi connectivity index (χ2v) is 6.17. The Balaban J connectivity index is 1.69. The minimum absolute atomic E-state index is 0.0487. The van der Waals surface area contributed by atoms with Crippen LogP contribution < -0.4 is 5.73 Å². The summed E-state index contributed by atoms with van der Waals surface area (Å²) in [5.41, 5.74) is 5.65. The van der Waals surface area contributed by atoms with Crippen molar-refractivity contribution in [1.82, 2.24) is 19.7 Å². The first-order valence-electron chi connectivity index (χ1n) is 7.55. The Bertz CT molecular complexity index is 504. The van der Waals surface area contributed by atoms with Crippen LogP contribution in [0.15, 0.2) is 0 Å². The Labute approximate surface area is 119 Å².